The minimum atomic E-state index is -2.94. The Morgan fingerprint density at radius 1 is 0.605 bits per heavy atom. The summed E-state index contributed by atoms with van der Waals surface area (Å²) in [5, 5.41) is 3.85. The molecule has 204 valence electrons. The van der Waals surface area contributed by atoms with Gasteiger partial charge < -0.3 is 0 Å². The van der Waals surface area contributed by atoms with E-state index in [1.807, 2.05) is 84.9 Å². The zero-order valence-electron chi connectivity index (χ0n) is 32.9. The number of rotatable bonds is 5. The molecule has 0 unspecified atom stereocenters. The standard InChI is InChI=1S/C41H30N2/c1-2-39-42-37-21-10-11-22-38(37)43(39)32-25-23-29(24-26-32)40-33-17-6-8-19-35(33)41(36-20-9-7-18-34(36)40)31-16-12-15-30(27-31)28-13-4-3-5-14-28/h3-27H,2H2,1H3/i1D3,2D2,3D,4D,5D,13D,14D. The fourth-order valence-corrected chi connectivity index (χ4v) is 6.12. The SMILES string of the molecule is [2H]c1c([2H])c([2H])c(-c2cccc(-c3c4ccccc4c(-c4ccc(-n5c(C([2H])([2H])C([2H])([2H])[2H])nc6ccccc65)cc4)c4ccccc34)c2)c([2H])c1[2H]. The van der Waals surface area contributed by atoms with Crippen molar-refractivity contribution in [3.63, 3.8) is 0 Å². The van der Waals surface area contributed by atoms with Crippen LogP contribution in [0.3, 0.4) is 0 Å². The van der Waals surface area contributed by atoms with E-state index in [9.17, 15) is 0 Å². The van der Waals surface area contributed by atoms with Gasteiger partial charge >= 0.3 is 0 Å². The van der Waals surface area contributed by atoms with E-state index in [1.165, 1.54) is 0 Å². The summed E-state index contributed by atoms with van der Waals surface area (Å²) in [4.78, 5) is 4.46. The van der Waals surface area contributed by atoms with Crippen LogP contribution in [0.25, 0.3) is 71.6 Å². The number of benzene rings is 7. The molecule has 0 aliphatic rings. The second-order valence-corrected chi connectivity index (χ2v) is 10.4. The van der Waals surface area contributed by atoms with E-state index < -0.39 is 19.3 Å². The van der Waals surface area contributed by atoms with E-state index in [2.05, 4.69) is 17.1 Å². The molecule has 0 radical (unpaired) electrons. The number of hydrogen-bond acceptors (Lipinski definition) is 1. The minimum Gasteiger partial charge on any atom is -0.296 e. The summed E-state index contributed by atoms with van der Waals surface area (Å²) in [6.45, 7) is -2.94. The van der Waals surface area contributed by atoms with Gasteiger partial charge in [0.1, 0.15) is 5.82 Å². The maximum absolute atomic E-state index is 8.58. The molecule has 0 N–H and O–H groups in total. The van der Waals surface area contributed by atoms with Crippen LogP contribution in [0.1, 0.15) is 26.4 Å². The lowest BCUT2D eigenvalue weighted by Gasteiger charge is -2.18. The quantitative estimate of drug-likeness (QED) is 0.191. The molecule has 8 aromatic rings. The maximum atomic E-state index is 8.58. The molecule has 0 fully saturated rings. The third-order valence-electron chi connectivity index (χ3n) is 7.96. The van der Waals surface area contributed by atoms with Gasteiger partial charge in [-0.3, -0.25) is 4.57 Å². The Hall–Kier alpha value is -5.47. The highest BCUT2D eigenvalue weighted by Gasteiger charge is 2.17. The Bertz CT molecular complexity index is 2660. The highest BCUT2D eigenvalue weighted by molar-refractivity contribution is 6.21. The van der Waals surface area contributed by atoms with E-state index >= 15 is 0 Å². The number of aromatic nitrogens is 2. The Morgan fingerprint density at radius 2 is 1.21 bits per heavy atom. The fourth-order valence-electron chi connectivity index (χ4n) is 6.12. The largest absolute Gasteiger partial charge is 0.296 e. The highest BCUT2D eigenvalue weighted by Crippen LogP contribution is 2.44. The molecular formula is C41H30N2. The van der Waals surface area contributed by atoms with E-state index in [0.717, 1.165) is 43.8 Å². The van der Waals surface area contributed by atoms with Gasteiger partial charge in [-0.25, -0.2) is 4.98 Å². The average molecular weight is 561 g/mol. The predicted octanol–water partition coefficient (Wildman–Crippen LogP) is 10.9. The summed E-state index contributed by atoms with van der Waals surface area (Å²) >= 11 is 0. The molecule has 0 bridgehead atoms. The van der Waals surface area contributed by atoms with E-state index in [0.29, 0.717) is 22.3 Å². The summed E-state index contributed by atoms with van der Waals surface area (Å²) in [6, 6.07) is 36.5. The zero-order valence-corrected chi connectivity index (χ0v) is 22.9. The van der Waals surface area contributed by atoms with Crippen molar-refractivity contribution >= 4 is 32.6 Å². The van der Waals surface area contributed by atoms with Crippen molar-refractivity contribution in [2.75, 3.05) is 0 Å². The van der Waals surface area contributed by atoms with Gasteiger partial charge in [0.15, 0.2) is 0 Å². The van der Waals surface area contributed by atoms with E-state index in [-0.39, 0.29) is 35.6 Å². The first-order valence-electron chi connectivity index (χ1n) is 19.0. The summed E-state index contributed by atoms with van der Waals surface area (Å²) in [5.41, 5.74) is 5.94. The van der Waals surface area contributed by atoms with Crippen LogP contribution in [0.2, 0.25) is 0 Å². The smallest absolute Gasteiger partial charge is 0.114 e. The van der Waals surface area contributed by atoms with Gasteiger partial charge in [0, 0.05) is 18.9 Å². The van der Waals surface area contributed by atoms with Crippen LogP contribution in [-0.2, 0) is 6.37 Å². The second kappa shape index (κ2) is 10.4. The highest BCUT2D eigenvalue weighted by atomic mass is 15.1. The van der Waals surface area contributed by atoms with Gasteiger partial charge in [0.2, 0.25) is 0 Å². The van der Waals surface area contributed by atoms with Crippen LogP contribution in [0, 0.1) is 0 Å². The Morgan fingerprint density at radius 3 is 1.88 bits per heavy atom. The van der Waals surface area contributed by atoms with Crippen molar-refractivity contribution in [3.05, 3.63) is 157 Å². The molecule has 1 aromatic heterocycles. The second-order valence-electron chi connectivity index (χ2n) is 10.4. The third kappa shape index (κ3) is 4.23. The lowest BCUT2D eigenvalue weighted by molar-refractivity contribution is 0.908. The van der Waals surface area contributed by atoms with Crippen LogP contribution in [-0.4, -0.2) is 9.55 Å². The van der Waals surface area contributed by atoms with Crippen molar-refractivity contribution in [1.29, 1.82) is 0 Å². The van der Waals surface area contributed by atoms with Crippen LogP contribution >= 0.6 is 0 Å². The number of para-hydroxylation sites is 2. The van der Waals surface area contributed by atoms with Gasteiger partial charge in [-0.1, -0.05) is 128 Å². The molecule has 0 amide bonds. The Labute approximate surface area is 265 Å². The van der Waals surface area contributed by atoms with Crippen molar-refractivity contribution in [3.8, 4) is 39.1 Å². The first-order chi connectivity index (χ1) is 25.3. The van der Waals surface area contributed by atoms with Gasteiger partial charge in [0.25, 0.3) is 0 Å². The molecule has 43 heavy (non-hydrogen) atoms. The summed E-state index contributed by atoms with van der Waals surface area (Å²) in [7, 11) is 0. The van der Waals surface area contributed by atoms with Crippen molar-refractivity contribution < 1.29 is 13.7 Å². The van der Waals surface area contributed by atoms with Crippen LogP contribution in [0.4, 0.5) is 0 Å². The van der Waals surface area contributed by atoms with Crippen molar-refractivity contribution in [2.24, 2.45) is 0 Å². The lowest BCUT2D eigenvalue weighted by atomic mass is 9.85. The number of nitrogens with zero attached hydrogens (tertiary/aromatic N) is 2. The number of aryl methyl sites for hydroxylation is 1. The summed E-state index contributed by atoms with van der Waals surface area (Å²) in [5.74, 6) is -0.197. The molecular weight excluding hydrogens is 520 g/mol. The predicted molar refractivity (Wildman–Crippen MR) is 182 cm³/mol. The molecule has 2 nitrogen and oxygen atoms in total. The monoisotopic (exact) mass is 560 g/mol. The van der Waals surface area contributed by atoms with E-state index in [1.54, 1.807) is 28.8 Å². The van der Waals surface area contributed by atoms with Crippen LogP contribution in [0.5, 0.6) is 0 Å². The Kier molecular flexibility index (Phi) is 4.08. The Balaban J connectivity index is 1.32. The van der Waals surface area contributed by atoms with Gasteiger partial charge in [-0.05, 0) is 85.3 Å². The lowest BCUT2D eigenvalue weighted by Crippen LogP contribution is -2.00. The minimum absolute atomic E-state index is 0.143. The van der Waals surface area contributed by atoms with Gasteiger partial charge in [-0.2, -0.15) is 0 Å². The first kappa shape index (κ1) is 16.8. The first-order valence-corrected chi connectivity index (χ1v) is 14.0. The van der Waals surface area contributed by atoms with Gasteiger partial charge in [0.05, 0.1) is 17.9 Å². The molecule has 1 heterocycles. The molecule has 0 saturated carbocycles. The van der Waals surface area contributed by atoms with Gasteiger partial charge in [-0.15, -0.1) is 0 Å². The normalized spacial score (nSPS) is 15.4. The summed E-state index contributed by atoms with van der Waals surface area (Å²) in [6.07, 6.45) is -2.72. The molecule has 0 aliphatic heterocycles. The maximum Gasteiger partial charge on any atom is 0.114 e. The molecule has 7 aromatic carbocycles. The molecule has 0 spiro atoms. The topological polar surface area (TPSA) is 17.8 Å². The number of imidazole rings is 1. The fraction of sp³-hybridized carbons (Fsp3) is 0.0488. The molecule has 0 atom stereocenters. The zero-order chi connectivity index (χ0) is 37.4. The van der Waals surface area contributed by atoms with E-state index in [4.69, 9.17) is 13.7 Å². The molecule has 8 rings (SSSR count). The van der Waals surface area contributed by atoms with Crippen molar-refractivity contribution in [1.82, 2.24) is 9.55 Å². The molecule has 0 saturated heterocycles. The van der Waals surface area contributed by atoms with Crippen LogP contribution < -0.4 is 0 Å². The number of fused-ring (bicyclic) bond motifs is 3. The summed E-state index contributed by atoms with van der Waals surface area (Å²) < 4.78 is 84.2. The average Bonchev–Trinajstić information content (AvgIpc) is 3.56. The molecule has 0 aliphatic carbocycles. The molecule has 2 heteroatoms. The van der Waals surface area contributed by atoms with Crippen molar-refractivity contribution in [2.45, 2.75) is 13.2 Å². The third-order valence-corrected chi connectivity index (χ3v) is 7.96. The van der Waals surface area contributed by atoms with Crippen LogP contribution in [0.15, 0.2) is 152 Å². The number of hydrogen-bond donors (Lipinski definition) is 0.